The summed E-state index contributed by atoms with van der Waals surface area (Å²) in [5.41, 5.74) is 3.91. The van der Waals surface area contributed by atoms with E-state index in [0.717, 1.165) is 22.3 Å². The molecule has 3 N–H and O–H groups in total. The number of hydrogen-bond donors (Lipinski definition) is 3. The van der Waals surface area contributed by atoms with Crippen LogP contribution in [0.3, 0.4) is 0 Å². The molecule has 4 atom stereocenters. The van der Waals surface area contributed by atoms with Gasteiger partial charge in [-0.25, -0.2) is 4.79 Å². The molecule has 35 heavy (non-hydrogen) atoms. The van der Waals surface area contributed by atoms with Crippen molar-refractivity contribution < 1.29 is 24.2 Å². The van der Waals surface area contributed by atoms with Crippen LogP contribution in [0.2, 0.25) is 0 Å². The Hall–Kier alpha value is -3.35. The maximum Gasteiger partial charge on any atom is 0.407 e. The number of amides is 2. The summed E-state index contributed by atoms with van der Waals surface area (Å²) in [6, 6.07) is 15.4. The van der Waals surface area contributed by atoms with Gasteiger partial charge < -0.3 is 20.5 Å². The molecule has 0 radical (unpaired) electrons. The molecule has 2 saturated carbocycles. The lowest BCUT2D eigenvalue weighted by Crippen LogP contribution is -2.50. The third kappa shape index (κ3) is 4.40. The molecule has 2 amide bonds. The van der Waals surface area contributed by atoms with Crippen LogP contribution in [-0.4, -0.2) is 41.8 Å². The second-order valence-corrected chi connectivity index (χ2v) is 10.7. The Morgan fingerprint density at radius 3 is 2.23 bits per heavy atom. The first kappa shape index (κ1) is 23.4. The van der Waals surface area contributed by atoms with Gasteiger partial charge in [0.1, 0.15) is 12.6 Å². The molecular formula is C28H32N2O5. The van der Waals surface area contributed by atoms with E-state index in [0.29, 0.717) is 25.7 Å². The van der Waals surface area contributed by atoms with Gasteiger partial charge in [-0.2, -0.15) is 0 Å². The minimum absolute atomic E-state index is 0.0528. The number of rotatable bonds is 8. The first-order valence-electron chi connectivity index (χ1n) is 12.4. The summed E-state index contributed by atoms with van der Waals surface area (Å²) >= 11 is 0. The van der Waals surface area contributed by atoms with Crippen LogP contribution in [0.25, 0.3) is 11.1 Å². The summed E-state index contributed by atoms with van der Waals surface area (Å²) in [6.45, 7) is 4.16. The van der Waals surface area contributed by atoms with Gasteiger partial charge in [0.25, 0.3) is 0 Å². The van der Waals surface area contributed by atoms with Gasteiger partial charge in [0.2, 0.25) is 5.91 Å². The molecule has 3 aliphatic rings. The molecule has 0 bridgehead atoms. The normalized spacial score (nSPS) is 24.8. The highest BCUT2D eigenvalue weighted by molar-refractivity contribution is 5.86. The van der Waals surface area contributed by atoms with Gasteiger partial charge in [-0.05, 0) is 59.8 Å². The predicted molar refractivity (Wildman–Crippen MR) is 131 cm³/mol. The summed E-state index contributed by atoms with van der Waals surface area (Å²) in [5.74, 6) is -0.775. The van der Waals surface area contributed by atoms with Crippen molar-refractivity contribution in [3.05, 3.63) is 59.7 Å². The first-order valence-corrected chi connectivity index (χ1v) is 12.4. The molecular weight excluding hydrogens is 444 g/mol. The summed E-state index contributed by atoms with van der Waals surface area (Å²) < 4.78 is 5.64. The molecule has 2 aromatic carbocycles. The van der Waals surface area contributed by atoms with Crippen molar-refractivity contribution in [2.45, 2.75) is 57.5 Å². The van der Waals surface area contributed by atoms with E-state index >= 15 is 0 Å². The Kier molecular flexibility index (Phi) is 6.03. The molecule has 184 valence electrons. The minimum Gasteiger partial charge on any atom is -0.481 e. The monoisotopic (exact) mass is 476 g/mol. The molecule has 2 aromatic rings. The van der Waals surface area contributed by atoms with Crippen molar-refractivity contribution in [3.63, 3.8) is 0 Å². The minimum atomic E-state index is -0.769. The number of hydrogen-bond acceptors (Lipinski definition) is 4. The molecule has 3 aliphatic carbocycles. The van der Waals surface area contributed by atoms with Crippen LogP contribution in [0.5, 0.6) is 0 Å². The van der Waals surface area contributed by atoms with E-state index in [4.69, 9.17) is 4.74 Å². The third-order valence-electron chi connectivity index (χ3n) is 7.84. The van der Waals surface area contributed by atoms with Gasteiger partial charge >= 0.3 is 12.1 Å². The van der Waals surface area contributed by atoms with Gasteiger partial charge in [0, 0.05) is 12.0 Å². The highest BCUT2D eigenvalue weighted by atomic mass is 16.5. The number of ether oxygens (including phenoxy) is 1. The molecule has 5 rings (SSSR count). The van der Waals surface area contributed by atoms with Crippen LogP contribution in [0, 0.1) is 17.3 Å². The van der Waals surface area contributed by atoms with E-state index in [9.17, 15) is 19.5 Å². The van der Waals surface area contributed by atoms with E-state index in [1.807, 2.05) is 38.1 Å². The molecule has 4 unspecified atom stereocenters. The smallest absolute Gasteiger partial charge is 0.407 e. The van der Waals surface area contributed by atoms with Crippen molar-refractivity contribution >= 4 is 18.0 Å². The molecule has 0 heterocycles. The Morgan fingerprint density at radius 1 is 1.03 bits per heavy atom. The number of fused-ring (bicyclic) bond motifs is 4. The Labute approximate surface area is 205 Å². The maximum absolute atomic E-state index is 13.0. The summed E-state index contributed by atoms with van der Waals surface area (Å²) in [6.07, 6.45) is 1.68. The van der Waals surface area contributed by atoms with Crippen molar-refractivity contribution in [2.24, 2.45) is 17.3 Å². The standard InChI is InChI=1S/C28H32N2O5/c1-16(2)11-24(25(31)29-18-12-17-13-28(17,14-18)26(32)33)30-27(34)35-15-23-21-9-5-3-7-19(21)20-8-4-6-10-22(20)23/h3-10,16-18,23-24H,11-15H2,1-2H3,(H,29,31)(H,30,34)(H,32,33). The highest BCUT2D eigenvalue weighted by Crippen LogP contribution is 2.63. The Morgan fingerprint density at radius 2 is 1.66 bits per heavy atom. The van der Waals surface area contributed by atoms with Crippen LogP contribution < -0.4 is 10.6 Å². The fraction of sp³-hybridized carbons (Fsp3) is 0.464. The van der Waals surface area contributed by atoms with Crippen molar-refractivity contribution in [3.8, 4) is 11.1 Å². The number of nitrogens with one attached hydrogen (secondary N) is 2. The summed E-state index contributed by atoms with van der Waals surface area (Å²) in [5, 5.41) is 15.2. The average Bonchev–Trinajstić information content (AvgIpc) is 3.26. The van der Waals surface area contributed by atoms with Crippen LogP contribution >= 0.6 is 0 Å². The van der Waals surface area contributed by atoms with Crippen molar-refractivity contribution in [2.75, 3.05) is 6.61 Å². The third-order valence-corrected chi connectivity index (χ3v) is 7.84. The lowest BCUT2D eigenvalue weighted by atomic mass is 9.98. The van der Waals surface area contributed by atoms with E-state index in [2.05, 4.69) is 34.9 Å². The second-order valence-electron chi connectivity index (χ2n) is 10.7. The van der Waals surface area contributed by atoms with Crippen molar-refractivity contribution in [1.29, 1.82) is 0 Å². The second kappa shape index (κ2) is 9.02. The summed E-state index contributed by atoms with van der Waals surface area (Å²) in [7, 11) is 0. The molecule has 7 nitrogen and oxygen atoms in total. The molecule has 0 saturated heterocycles. The lowest BCUT2D eigenvalue weighted by Gasteiger charge is -2.24. The molecule has 0 spiro atoms. The van der Waals surface area contributed by atoms with E-state index in [-0.39, 0.29) is 36.3 Å². The van der Waals surface area contributed by atoms with E-state index in [1.54, 1.807) is 0 Å². The van der Waals surface area contributed by atoms with Crippen LogP contribution in [-0.2, 0) is 14.3 Å². The zero-order chi connectivity index (χ0) is 24.7. The zero-order valence-corrected chi connectivity index (χ0v) is 20.1. The van der Waals surface area contributed by atoms with E-state index in [1.165, 1.54) is 0 Å². The number of carbonyl (C=O) groups is 3. The largest absolute Gasteiger partial charge is 0.481 e. The molecule has 0 aliphatic heterocycles. The lowest BCUT2D eigenvalue weighted by molar-refractivity contribution is -0.143. The van der Waals surface area contributed by atoms with Gasteiger partial charge in [0.05, 0.1) is 5.41 Å². The Bertz CT molecular complexity index is 1120. The van der Waals surface area contributed by atoms with E-state index < -0.39 is 23.5 Å². The van der Waals surface area contributed by atoms with Gasteiger partial charge in [-0.3, -0.25) is 9.59 Å². The predicted octanol–water partition coefficient (Wildman–Crippen LogP) is 4.31. The highest BCUT2D eigenvalue weighted by Gasteiger charge is 2.65. The topological polar surface area (TPSA) is 105 Å². The van der Waals surface area contributed by atoms with Crippen LogP contribution in [0.15, 0.2) is 48.5 Å². The van der Waals surface area contributed by atoms with Gasteiger partial charge in [-0.15, -0.1) is 0 Å². The maximum atomic E-state index is 13.0. The number of alkyl carbamates (subject to hydrolysis) is 1. The first-order chi connectivity index (χ1) is 16.8. The molecule has 0 aromatic heterocycles. The fourth-order valence-electron chi connectivity index (χ4n) is 6.05. The zero-order valence-electron chi connectivity index (χ0n) is 20.1. The average molecular weight is 477 g/mol. The number of carboxylic acid groups (broad SMARTS) is 1. The molecule has 7 heteroatoms. The van der Waals surface area contributed by atoms with Crippen LogP contribution in [0.1, 0.15) is 56.6 Å². The van der Waals surface area contributed by atoms with Crippen molar-refractivity contribution in [1.82, 2.24) is 10.6 Å². The number of carbonyl (C=O) groups excluding carboxylic acids is 2. The number of aliphatic carboxylic acids is 1. The van der Waals surface area contributed by atoms with Gasteiger partial charge in [0.15, 0.2) is 0 Å². The SMILES string of the molecule is CC(C)CC(NC(=O)OCC1c2ccccc2-c2ccccc21)C(=O)NC1CC2CC2(C(=O)O)C1. The van der Waals surface area contributed by atoms with Crippen LogP contribution in [0.4, 0.5) is 4.79 Å². The quantitative estimate of drug-likeness (QED) is 0.527. The Balaban J connectivity index is 1.20. The number of carboxylic acids is 1. The van der Waals surface area contributed by atoms with Gasteiger partial charge in [-0.1, -0.05) is 62.4 Å². The fourth-order valence-corrected chi connectivity index (χ4v) is 6.05. The summed E-state index contributed by atoms with van der Waals surface area (Å²) in [4.78, 5) is 37.4. The molecule has 2 fully saturated rings. The number of benzene rings is 2.